The molecule has 0 atom stereocenters. The number of fused-ring (bicyclic) bond motifs is 1. The van der Waals surface area contributed by atoms with Crippen LogP contribution in [-0.2, 0) is 6.54 Å². The Bertz CT molecular complexity index is 1220. The van der Waals surface area contributed by atoms with Crippen LogP contribution in [0.15, 0.2) is 54.7 Å². The monoisotopic (exact) mass is 410 g/mol. The maximum atomic E-state index is 13.2. The third-order valence-electron chi connectivity index (χ3n) is 4.47. The molecule has 0 bridgehead atoms. The number of nitrogen functional groups attached to an aromatic ring is 1. The summed E-state index contributed by atoms with van der Waals surface area (Å²) in [5.74, 6) is 0.649. The zero-order valence-corrected chi connectivity index (χ0v) is 15.5. The number of nitrogens with two attached hydrogens (primary N) is 1. The topological polar surface area (TPSA) is 119 Å². The lowest BCUT2D eigenvalue weighted by atomic mass is 10.2. The largest absolute Gasteiger partial charge is 0.465 e. The molecule has 0 aliphatic rings. The summed E-state index contributed by atoms with van der Waals surface area (Å²) in [4.78, 5) is 23.4. The predicted molar refractivity (Wildman–Crippen MR) is 106 cm³/mol. The average Bonchev–Trinajstić information content (AvgIpc) is 3.11. The first-order valence-corrected chi connectivity index (χ1v) is 8.88. The highest BCUT2D eigenvalue weighted by molar-refractivity contribution is 5.82. The molecule has 0 fully saturated rings. The SMILES string of the molecule is Nc1ncccc1-c1nc2ccc(C(F)F)nc2n1-c1ccc(CNC(=O)O)cc1. The number of anilines is 1. The second-order valence-electron chi connectivity index (χ2n) is 6.41. The molecule has 30 heavy (non-hydrogen) atoms. The number of halogens is 2. The molecule has 1 aromatic carbocycles. The van der Waals surface area contributed by atoms with Crippen molar-refractivity contribution in [2.24, 2.45) is 0 Å². The third kappa shape index (κ3) is 3.62. The number of imidazole rings is 1. The van der Waals surface area contributed by atoms with Crippen LogP contribution >= 0.6 is 0 Å². The highest BCUT2D eigenvalue weighted by atomic mass is 19.3. The van der Waals surface area contributed by atoms with E-state index in [0.29, 0.717) is 22.6 Å². The maximum Gasteiger partial charge on any atom is 0.404 e. The van der Waals surface area contributed by atoms with Crippen LogP contribution in [0.1, 0.15) is 17.7 Å². The summed E-state index contributed by atoms with van der Waals surface area (Å²) >= 11 is 0. The van der Waals surface area contributed by atoms with Gasteiger partial charge in [-0.05, 0) is 42.0 Å². The van der Waals surface area contributed by atoms with E-state index >= 15 is 0 Å². The van der Waals surface area contributed by atoms with E-state index in [9.17, 15) is 13.6 Å². The van der Waals surface area contributed by atoms with Gasteiger partial charge in [-0.1, -0.05) is 12.1 Å². The first-order valence-electron chi connectivity index (χ1n) is 8.88. The van der Waals surface area contributed by atoms with Gasteiger partial charge in [0.1, 0.15) is 17.0 Å². The van der Waals surface area contributed by atoms with E-state index in [0.717, 1.165) is 5.56 Å². The van der Waals surface area contributed by atoms with Crippen LogP contribution in [0.5, 0.6) is 0 Å². The van der Waals surface area contributed by atoms with Gasteiger partial charge >= 0.3 is 6.09 Å². The lowest BCUT2D eigenvalue weighted by Gasteiger charge is -2.11. The van der Waals surface area contributed by atoms with Crippen LogP contribution in [0.25, 0.3) is 28.2 Å². The molecule has 0 saturated carbocycles. The second kappa shape index (κ2) is 7.74. The van der Waals surface area contributed by atoms with E-state index in [4.69, 9.17) is 10.8 Å². The molecule has 4 N–H and O–H groups in total. The highest BCUT2D eigenvalue weighted by Gasteiger charge is 2.20. The lowest BCUT2D eigenvalue weighted by molar-refractivity contribution is 0.146. The number of carbonyl (C=O) groups is 1. The van der Waals surface area contributed by atoms with Crippen LogP contribution in [0.3, 0.4) is 0 Å². The molecule has 1 amide bonds. The first kappa shape index (κ1) is 19.2. The molecule has 10 heteroatoms. The highest BCUT2D eigenvalue weighted by Crippen LogP contribution is 2.31. The van der Waals surface area contributed by atoms with Crippen LogP contribution in [0, 0.1) is 0 Å². The molecular weight excluding hydrogens is 394 g/mol. The van der Waals surface area contributed by atoms with Crippen molar-refractivity contribution in [2.75, 3.05) is 5.73 Å². The van der Waals surface area contributed by atoms with Gasteiger partial charge in [0.25, 0.3) is 6.43 Å². The molecule has 0 aliphatic heterocycles. The maximum absolute atomic E-state index is 13.2. The van der Waals surface area contributed by atoms with Crippen LogP contribution in [0.2, 0.25) is 0 Å². The zero-order valence-electron chi connectivity index (χ0n) is 15.5. The molecule has 3 aromatic heterocycles. The van der Waals surface area contributed by atoms with Gasteiger partial charge in [-0.2, -0.15) is 0 Å². The summed E-state index contributed by atoms with van der Waals surface area (Å²) < 4.78 is 28.1. The molecule has 0 unspecified atom stereocenters. The minimum Gasteiger partial charge on any atom is -0.465 e. The number of aromatic nitrogens is 4. The Hall–Kier alpha value is -4.08. The minimum atomic E-state index is -2.73. The Balaban J connectivity index is 1.89. The number of alkyl halides is 2. The number of nitrogens with zero attached hydrogens (tertiary/aromatic N) is 4. The van der Waals surface area contributed by atoms with Crippen molar-refractivity contribution in [3.63, 3.8) is 0 Å². The summed E-state index contributed by atoms with van der Waals surface area (Å²) in [6.07, 6.45) is -2.31. The van der Waals surface area contributed by atoms with E-state index in [1.807, 2.05) is 0 Å². The van der Waals surface area contributed by atoms with E-state index in [1.165, 1.54) is 12.1 Å². The standard InChI is InChI=1S/C20H16F2N6O2/c21-16(22)14-7-8-15-19(26-14)28(18(27-15)13-2-1-9-24-17(13)23)12-5-3-11(4-6-12)10-25-20(29)30/h1-9,16,25H,10H2,(H2,23,24)(H,29,30). The van der Waals surface area contributed by atoms with Crippen LogP contribution < -0.4 is 11.1 Å². The van der Waals surface area contributed by atoms with E-state index in [2.05, 4.69) is 20.3 Å². The molecule has 0 spiro atoms. The predicted octanol–water partition coefficient (Wildman–Crippen LogP) is 3.77. The van der Waals surface area contributed by atoms with E-state index in [-0.39, 0.29) is 23.7 Å². The fraction of sp³-hybridized carbons (Fsp3) is 0.100. The molecule has 0 aliphatic carbocycles. The number of pyridine rings is 2. The molecule has 0 saturated heterocycles. The summed E-state index contributed by atoms with van der Waals surface area (Å²) in [5.41, 5.74) is 8.21. The number of carboxylic acid groups (broad SMARTS) is 1. The van der Waals surface area contributed by atoms with E-state index < -0.39 is 12.5 Å². The van der Waals surface area contributed by atoms with Gasteiger partial charge in [-0.25, -0.2) is 28.5 Å². The minimum absolute atomic E-state index is 0.135. The summed E-state index contributed by atoms with van der Waals surface area (Å²) in [5, 5.41) is 11.0. The molecule has 4 rings (SSSR count). The second-order valence-corrected chi connectivity index (χ2v) is 6.41. The molecular formula is C20H16F2N6O2. The lowest BCUT2D eigenvalue weighted by Crippen LogP contribution is -2.19. The third-order valence-corrected chi connectivity index (χ3v) is 4.47. The Kier molecular flexibility index (Phi) is 4.97. The van der Waals surface area contributed by atoms with Gasteiger partial charge in [0.15, 0.2) is 11.5 Å². The average molecular weight is 410 g/mol. The molecule has 3 heterocycles. The van der Waals surface area contributed by atoms with Crippen molar-refractivity contribution in [3.8, 4) is 17.1 Å². The number of amides is 1. The zero-order chi connectivity index (χ0) is 21.3. The van der Waals surface area contributed by atoms with Crippen molar-refractivity contribution in [1.29, 1.82) is 0 Å². The van der Waals surface area contributed by atoms with Crippen molar-refractivity contribution >= 4 is 23.1 Å². The Labute approximate surface area is 169 Å². The van der Waals surface area contributed by atoms with Crippen molar-refractivity contribution < 1.29 is 18.7 Å². The van der Waals surface area contributed by atoms with Crippen LogP contribution in [0.4, 0.5) is 19.4 Å². The molecule has 0 radical (unpaired) electrons. The van der Waals surface area contributed by atoms with Gasteiger partial charge in [-0.3, -0.25) is 4.57 Å². The smallest absolute Gasteiger partial charge is 0.404 e. The number of hydrogen-bond donors (Lipinski definition) is 3. The van der Waals surface area contributed by atoms with Crippen molar-refractivity contribution in [1.82, 2.24) is 24.8 Å². The van der Waals surface area contributed by atoms with E-state index in [1.54, 1.807) is 47.2 Å². The molecule has 8 nitrogen and oxygen atoms in total. The summed E-state index contributed by atoms with van der Waals surface area (Å²) in [6.45, 7) is 0.135. The Morgan fingerprint density at radius 2 is 1.90 bits per heavy atom. The van der Waals surface area contributed by atoms with Gasteiger partial charge in [-0.15, -0.1) is 0 Å². The molecule has 4 aromatic rings. The van der Waals surface area contributed by atoms with Gasteiger partial charge < -0.3 is 16.2 Å². The van der Waals surface area contributed by atoms with Crippen molar-refractivity contribution in [3.05, 3.63) is 66.0 Å². The first-order chi connectivity index (χ1) is 14.4. The number of benzene rings is 1. The van der Waals surface area contributed by atoms with Gasteiger partial charge in [0.2, 0.25) is 0 Å². The normalized spacial score (nSPS) is 11.2. The number of nitrogens with one attached hydrogen (secondary N) is 1. The number of rotatable bonds is 5. The number of hydrogen-bond acceptors (Lipinski definition) is 5. The summed E-state index contributed by atoms with van der Waals surface area (Å²) in [6, 6.07) is 13.1. The van der Waals surface area contributed by atoms with Crippen LogP contribution in [-0.4, -0.2) is 30.7 Å². The Morgan fingerprint density at radius 3 is 2.57 bits per heavy atom. The van der Waals surface area contributed by atoms with Gasteiger partial charge in [0, 0.05) is 18.4 Å². The Morgan fingerprint density at radius 1 is 1.13 bits per heavy atom. The fourth-order valence-corrected chi connectivity index (χ4v) is 3.07. The summed E-state index contributed by atoms with van der Waals surface area (Å²) in [7, 11) is 0. The fourth-order valence-electron chi connectivity index (χ4n) is 3.07. The molecule has 152 valence electrons. The van der Waals surface area contributed by atoms with Crippen molar-refractivity contribution in [2.45, 2.75) is 13.0 Å². The quantitative estimate of drug-likeness (QED) is 0.461. The van der Waals surface area contributed by atoms with Gasteiger partial charge in [0.05, 0.1) is 5.56 Å².